The van der Waals surface area contributed by atoms with Gasteiger partial charge in [0.05, 0.1) is 6.10 Å². The molecule has 1 unspecified atom stereocenters. The Kier molecular flexibility index (Phi) is 4.16. The predicted molar refractivity (Wildman–Crippen MR) is 83.1 cm³/mol. The fourth-order valence-corrected chi connectivity index (χ4v) is 6.15. The number of aliphatic hydroxyl groups is 1. The van der Waals surface area contributed by atoms with Gasteiger partial charge in [-0.25, -0.2) is 0 Å². The molecule has 22 heavy (non-hydrogen) atoms. The SMILES string of the molecule is C[C@]12CC[C@H]3[C@@H](CCC4=CC(=O)CC[C@@H]43)[C@@H]1CCC2O.[C]#N. The third kappa shape index (κ3) is 2.24. The monoisotopic (exact) mass is 300 g/mol. The summed E-state index contributed by atoms with van der Waals surface area (Å²) in [5.74, 6) is 3.38. The zero-order valence-electron chi connectivity index (χ0n) is 13.4. The number of allylic oxidation sites excluding steroid dienone is 1. The zero-order chi connectivity index (χ0) is 15.9. The van der Waals surface area contributed by atoms with E-state index in [-0.39, 0.29) is 11.5 Å². The van der Waals surface area contributed by atoms with Gasteiger partial charge in [0.2, 0.25) is 0 Å². The molecule has 0 aromatic rings. The van der Waals surface area contributed by atoms with E-state index in [2.05, 4.69) is 6.92 Å². The number of fused-ring (bicyclic) bond motifs is 5. The molecule has 6 atom stereocenters. The second-order valence-electron chi connectivity index (χ2n) is 7.94. The summed E-state index contributed by atoms with van der Waals surface area (Å²) in [4.78, 5) is 11.6. The van der Waals surface area contributed by atoms with E-state index >= 15 is 0 Å². The van der Waals surface area contributed by atoms with Gasteiger partial charge in [-0.15, -0.1) is 0 Å². The van der Waals surface area contributed by atoms with Crippen molar-refractivity contribution < 1.29 is 9.90 Å². The molecule has 3 nitrogen and oxygen atoms in total. The topological polar surface area (TPSA) is 61.1 Å². The Balaban J connectivity index is 0.000000693. The van der Waals surface area contributed by atoms with Crippen LogP contribution in [0, 0.1) is 40.9 Å². The van der Waals surface area contributed by atoms with E-state index in [4.69, 9.17) is 11.8 Å². The number of hydrogen-bond acceptors (Lipinski definition) is 3. The fraction of sp³-hybridized carbons (Fsp3) is 0.789. The predicted octanol–water partition coefficient (Wildman–Crippen LogP) is 3.59. The second kappa shape index (κ2) is 5.81. The van der Waals surface area contributed by atoms with Gasteiger partial charge in [-0.1, -0.05) is 12.5 Å². The van der Waals surface area contributed by atoms with Gasteiger partial charge in [0.25, 0.3) is 0 Å². The standard InChI is InChI=1S/C18H26O2.CN/c1-18-9-8-14-13-5-3-12(19)10-11(13)2-4-15(14)16(18)6-7-17(18)20;1-2/h10,13-17,20H,2-9H2,1H3;/t13-,14+,15+,16-,17?,18-;/m0./s1. The lowest BCUT2D eigenvalue weighted by atomic mass is 9.52. The average molecular weight is 300 g/mol. The van der Waals surface area contributed by atoms with E-state index in [1.165, 1.54) is 31.3 Å². The van der Waals surface area contributed by atoms with Crippen molar-refractivity contribution in [2.45, 2.75) is 64.4 Å². The maximum absolute atomic E-state index is 11.6. The summed E-state index contributed by atoms with van der Waals surface area (Å²) >= 11 is 0. The van der Waals surface area contributed by atoms with Gasteiger partial charge in [0, 0.05) is 6.42 Å². The van der Waals surface area contributed by atoms with Gasteiger partial charge in [0.15, 0.2) is 12.4 Å². The molecule has 4 aliphatic carbocycles. The quantitative estimate of drug-likeness (QED) is 0.743. The summed E-state index contributed by atoms with van der Waals surface area (Å²) in [5, 5.41) is 16.6. The van der Waals surface area contributed by atoms with Gasteiger partial charge in [0.1, 0.15) is 0 Å². The highest BCUT2D eigenvalue weighted by atomic mass is 16.3. The van der Waals surface area contributed by atoms with Crippen LogP contribution in [0.25, 0.3) is 0 Å². The molecule has 1 N–H and O–H groups in total. The maximum Gasteiger partial charge on any atom is 0.181 e. The zero-order valence-corrected chi connectivity index (χ0v) is 13.4. The van der Waals surface area contributed by atoms with Crippen molar-refractivity contribution in [1.29, 1.82) is 5.26 Å². The van der Waals surface area contributed by atoms with Crippen LogP contribution in [0.5, 0.6) is 0 Å². The molecule has 0 aliphatic heterocycles. The molecule has 3 heteroatoms. The first-order valence-electron chi connectivity index (χ1n) is 8.73. The maximum atomic E-state index is 11.6. The van der Waals surface area contributed by atoms with Crippen molar-refractivity contribution in [2.24, 2.45) is 29.1 Å². The Hall–Kier alpha value is -1.14. The Bertz CT molecular complexity index is 509. The number of hydrogen-bond donors (Lipinski definition) is 1. The Labute approximate surface area is 133 Å². The molecule has 0 spiro atoms. The van der Waals surface area contributed by atoms with Crippen LogP contribution in [0.2, 0.25) is 0 Å². The van der Waals surface area contributed by atoms with Crippen molar-refractivity contribution >= 4 is 5.78 Å². The van der Waals surface area contributed by atoms with Crippen molar-refractivity contribution in [2.75, 3.05) is 0 Å². The van der Waals surface area contributed by atoms with Crippen molar-refractivity contribution in [3.05, 3.63) is 18.2 Å². The van der Waals surface area contributed by atoms with Crippen LogP contribution in [0.4, 0.5) is 0 Å². The van der Waals surface area contributed by atoms with Gasteiger partial charge < -0.3 is 5.11 Å². The minimum Gasteiger partial charge on any atom is -0.393 e. The molecule has 4 aliphatic rings. The van der Waals surface area contributed by atoms with E-state index in [0.29, 0.717) is 11.7 Å². The smallest absolute Gasteiger partial charge is 0.181 e. The molecule has 0 saturated heterocycles. The lowest BCUT2D eigenvalue weighted by Gasteiger charge is -2.53. The highest BCUT2D eigenvalue weighted by molar-refractivity contribution is 5.91. The van der Waals surface area contributed by atoms with Crippen LogP contribution in [0.3, 0.4) is 0 Å². The highest BCUT2D eigenvalue weighted by Gasteiger charge is 2.55. The third-order valence-corrected chi connectivity index (χ3v) is 7.25. The summed E-state index contributed by atoms with van der Waals surface area (Å²) in [6, 6.07) is 0. The van der Waals surface area contributed by atoms with Gasteiger partial charge in [-0.3, -0.25) is 4.79 Å². The van der Waals surface area contributed by atoms with Crippen molar-refractivity contribution in [1.82, 2.24) is 0 Å². The van der Waals surface area contributed by atoms with Crippen molar-refractivity contribution in [3.63, 3.8) is 0 Å². The van der Waals surface area contributed by atoms with Crippen molar-refractivity contribution in [3.8, 4) is 0 Å². The first-order valence-corrected chi connectivity index (χ1v) is 8.73. The summed E-state index contributed by atoms with van der Waals surface area (Å²) in [6.07, 6.45) is 10.9. The second-order valence-corrected chi connectivity index (χ2v) is 7.94. The van der Waals surface area contributed by atoms with E-state index in [1.807, 2.05) is 6.08 Å². The summed E-state index contributed by atoms with van der Waals surface area (Å²) in [7, 11) is 0. The molecule has 4 rings (SSSR count). The van der Waals surface area contributed by atoms with Gasteiger partial charge in [-0.2, -0.15) is 5.26 Å². The molecule has 0 bridgehead atoms. The summed E-state index contributed by atoms with van der Waals surface area (Å²) in [6.45, 7) is 7.08. The number of nitrogens with zero attached hydrogens (tertiary/aromatic N) is 1. The molecule has 0 aromatic carbocycles. The molecule has 3 saturated carbocycles. The van der Waals surface area contributed by atoms with E-state index < -0.39 is 0 Å². The van der Waals surface area contributed by atoms with Crippen LogP contribution >= 0.6 is 0 Å². The molecular formula is C19H26NO2. The first-order chi connectivity index (χ1) is 10.6. The van der Waals surface area contributed by atoms with E-state index in [0.717, 1.165) is 43.4 Å². The molecule has 0 amide bonds. The molecule has 0 heterocycles. The van der Waals surface area contributed by atoms with Gasteiger partial charge in [-0.05, 0) is 80.1 Å². The normalized spacial score (nSPS) is 46.5. The van der Waals surface area contributed by atoms with Crippen LogP contribution in [0.1, 0.15) is 58.3 Å². The number of ketones is 1. The molecular weight excluding hydrogens is 274 g/mol. The fourth-order valence-electron chi connectivity index (χ4n) is 6.15. The number of carbonyl (C=O) groups is 1. The van der Waals surface area contributed by atoms with Crippen LogP contribution in [0.15, 0.2) is 11.6 Å². The minimum absolute atomic E-state index is 0.0710. The van der Waals surface area contributed by atoms with E-state index in [1.54, 1.807) is 0 Å². The van der Waals surface area contributed by atoms with E-state index in [9.17, 15) is 9.90 Å². The largest absolute Gasteiger partial charge is 0.393 e. The molecule has 0 aromatic heterocycles. The molecule has 3 fully saturated rings. The molecule has 1 radical (unpaired) electrons. The van der Waals surface area contributed by atoms with Crippen LogP contribution in [-0.4, -0.2) is 17.0 Å². The number of carbonyl (C=O) groups excluding carboxylic acids is 1. The summed E-state index contributed by atoms with van der Waals surface area (Å²) < 4.78 is 0. The number of rotatable bonds is 0. The number of aliphatic hydroxyl groups excluding tert-OH is 1. The Morgan fingerprint density at radius 1 is 1.14 bits per heavy atom. The first kappa shape index (κ1) is 15.7. The highest BCUT2D eigenvalue weighted by Crippen LogP contribution is 2.61. The van der Waals surface area contributed by atoms with Crippen LogP contribution < -0.4 is 0 Å². The molecule has 119 valence electrons. The summed E-state index contributed by atoms with van der Waals surface area (Å²) in [5.41, 5.74) is 1.65. The lowest BCUT2D eigenvalue weighted by molar-refractivity contribution is -0.116. The third-order valence-electron chi connectivity index (χ3n) is 7.25. The minimum atomic E-state index is -0.0710. The average Bonchev–Trinajstić information content (AvgIpc) is 2.84. The Morgan fingerprint density at radius 3 is 2.68 bits per heavy atom. The Morgan fingerprint density at radius 2 is 1.91 bits per heavy atom. The van der Waals surface area contributed by atoms with Gasteiger partial charge >= 0.3 is 0 Å². The lowest BCUT2D eigenvalue weighted by Crippen LogP contribution is -2.47. The van der Waals surface area contributed by atoms with Crippen LogP contribution in [-0.2, 0) is 4.79 Å².